The van der Waals surface area contributed by atoms with Gasteiger partial charge in [0, 0.05) is 6.54 Å². The minimum atomic E-state index is -0.462. The molecule has 0 radical (unpaired) electrons. The molecule has 0 heterocycles. The molecule has 0 aliphatic heterocycles. The molecule has 0 aliphatic carbocycles. The second-order valence-electron chi connectivity index (χ2n) is 5.06. The summed E-state index contributed by atoms with van der Waals surface area (Å²) in [4.78, 5) is 22.1. The first-order chi connectivity index (χ1) is 9.35. The highest BCUT2D eigenvalue weighted by Crippen LogP contribution is 2.07. The van der Waals surface area contributed by atoms with Crippen molar-refractivity contribution in [3.05, 3.63) is 12.7 Å². The fraction of sp³-hybridized carbons (Fsp3) is 0.714. The first-order valence-electron chi connectivity index (χ1n) is 6.63. The molecule has 0 aromatic carbocycles. The molecule has 116 valence electrons. The van der Waals surface area contributed by atoms with Crippen LogP contribution in [0.2, 0.25) is 0 Å². The van der Waals surface area contributed by atoms with Crippen LogP contribution in [0.5, 0.6) is 0 Å². The summed E-state index contributed by atoms with van der Waals surface area (Å²) in [5.74, 6) is -0.493. The number of amides is 1. The fourth-order valence-electron chi connectivity index (χ4n) is 1.19. The van der Waals surface area contributed by atoms with Crippen molar-refractivity contribution in [1.29, 1.82) is 0 Å². The third kappa shape index (κ3) is 13.0. The van der Waals surface area contributed by atoms with E-state index in [0.717, 1.165) is 0 Å². The van der Waals surface area contributed by atoms with Crippen LogP contribution in [0.25, 0.3) is 0 Å². The van der Waals surface area contributed by atoms with Crippen LogP contribution in [0.3, 0.4) is 0 Å². The van der Waals surface area contributed by atoms with Crippen molar-refractivity contribution in [3.8, 4) is 0 Å². The zero-order valence-corrected chi connectivity index (χ0v) is 12.6. The summed E-state index contributed by atoms with van der Waals surface area (Å²) >= 11 is 0. The van der Waals surface area contributed by atoms with Crippen LogP contribution in [0, 0.1) is 0 Å². The number of rotatable bonds is 10. The van der Waals surface area contributed by atoms with Gasteiger partial charge in [-0.05, 0) is 26.8 Å². The third-order valence-electron chi connectivity index (χ3n) is 1.97. The largest absolute Gasteiger partial charge is 0.460 e. The van der Waals surface area contributed by atoms with E-state index in [9.17, 15) is 9.59 Å². The highest BCUT2D eigenvalue weighted by Gasteiger charge is 2.15. The van der Waals surface area contributed by atoms with E-state index in [4.69, 9.17) is 14.2 Å². The van der Waals surface area contributed by atoms with Gasteiger partial charge >= 0.3 is 5.97 Å². The Morgan fingerprint density at radius 2 is 1.70 bits per heavy atom. The van der Waals surface area contributed by atoms with Crippen LogP contribution in [0.15, 0.2) is 12.7 Å². The normalized spacial score (nSPS) is 10.9. The fourth-order valence-corrected chi connectivity index (χ4v) is 1.19. The minimum Gasteiger partial charge on any atom is -0.460 e. The van der Waals surface area contributed by atoms with Gasteiger partial charge in [0.25, 0.3) is 0 Å². The van der Waals surface area contributed by atoms with Gasteiger partial charge in [-0.15, -0.1) is 0 Å². The lowest BCUT2D eigenvalue weighted by Gasteiger charge is -2.19. The van der Waals surface area contributed by atoms with E-state index in [1.54, 1.807) is 0 Å². The Kier molecular flexibility index (Phi) is 9.67. The predicted octanol–water partition coefficient (Wildman–Crippen LogP) is 1.05. The number of ether oxygens (including phenoxy) is 3. The van der Waals surface area contributed by atoms with Gasteiger partial charge in [0.15, 0.2) is 0 Å². The van der Waals surface area contributed by atoms with E-state index in [-0.39, 0.29) is 18.3 Å². The lowest BCUT2D eigenvalue weighted by molar-refractivity contribution is -0.156. The van der Waals surface area contributed by atoms with Crippen LogP contribution in [0.1, 0.15) is 27.2 Å². The van der Waals surface area contributed by atoms with Gasteiger partial charge in [0.05, 0.1) is 32.8 Å². The summed E-state index contributed by atoms with van der Waals surface area (Å²) in [6.07, 6.45) is 1.44. The van der Waals surface area contributed by atoms with Gasteiger partial charge in [-0.2, -0.15) is 0 Å². The first kappa shape index (κ1) is 18.6. The zero-order chi connectivity index (χ0) is 15.4. The first-order valence-corrected chi connectivity index (χ1v) is 6.63. The van der Waals surface area contributed by atoms with Gasteiger partial charge in [-0.3, -0.25) is 9.59 Å². The lowest BCUT2D eigenvalue weighted by atomic mass is 10.2. The van der Waals surface area contributed by atoms with Crippen molar-refractivity contribution in [1.82, 2.24) is 5.32 Å². The van der Waals surface area contributed by atoms with Gasteiger partial charge in [-0.1, -0.05) is 6.58 Å². The van der Waals surface area contributed by atoms with E-state index >= 15 is 0 Å². The molecule has 0 atom stereocenters. The second-order valence-corrected chi connectivity index (χ2v) is 5.06. The number of nitrogens with one attached hydrogen (secondary N) is 1. The summed E-state index contributed by atoms with van der Waals surface area (Å²) in [6, 6.07) is 0. The van der Waals surface area contributed by atoms with Crippen LogP contribution in [-0.2, 0) is 23.8 Å². The molecular weight excluding hydrogens is 262 g/mol. The second kappa shape index (κ2) is 10.4. The maximum Gasteiger partial charge on any atom is 0.308 e. The van der Waals surface area contributed by atoms with Crippen LogP contribution in [-0.4, -0.2) is 50.4 Å². The van der Waals surface area contributed by atoms with Gasteiger partial charge in [0.2, 0.25) is 5.91 Å². The van der Waals surface area contributed by atoms with Gasteiger partial charge in [0.1, 0.15) is 5.60 Å². The molecule has 0 unspecified atom stereocenters. The Labute approximate surface area is 120 Å². The van der Waals surface area contributed by atoms with E-state index in [1.807, 2.05) is 20.8 Å². The van der Waals surface area contributed by atoms with Crippen molar-refractivity contribution in [2.45, 2.75) is 32.8 Å². The topological polar surface area (TPSA) is 73.9 Å². The van der Waals surface area contributed by atoms with Crippen LogP contribution in [0.4, 0.5) is 0 Å². The molecule has 0 aromatic rings. The molecule has 0 rings (SSSR count). The number of carbonyl (C=O) groups excluding carboxylic acids is 2. The van der Waals surface area contributed by atoms with Crippen molar-refractivity contribution in [2.24, 2.45) is 0 Å². The molecule has 0 spiro atoms. The van der Waals surface area contributed by atoms with Crippen molar-refractivity contribution < 1.29 is 23.8 Å². The lowest BCUT2D eigenvalue weighted by Crippen LogP contribution is -2.26. The number of esters is 1. The van der Waals surface area contributed by atoms with E-state index in [2.05, 4.69) is 11.9 Å². The predicted molar refractivity (Wildman–Crippen MR) is 75.3 cm³/mol. The number of hydrogen-bond acceptors (Lipinski definition) is 5. The van der Waals surface area contributed by atoms with E-state index < -0.39 is 5.60 Å². The smallest absolute Gasteiger partial charge is 0.308 e. The van der Waals surface area contributed by atoms with Crippen LogP contribution < -0.4 is 5.32 Å². The molecule has 1 N–H and O–H groups in total. The summed E-state index contributed by atoms with van der Waals surface area (Å²) in [6.45, 7) is 10.8. The highest BCUT2D eigenvalue weighted by molar-refractivity contribution is 5.86. The quantitative estimate of drug-likeness (QED) is 0.369. The van der Waals surface area contributed by atoms with E-state index in [0.29, 0.717) is 33.0 Å². The van der Waals surface area contributed by atoms with Crippen LogP contribution >= 0.6 is 0 Å². The van der Waals surface area contributed by atoms with Gasteiger partial charge in [-0.25, -0.2) is 0 Å². The summed E-state index contributed by atoms with van der Waals surface area (Å²) < 4.78 is 15.6. The summed E-state index contributed by atoms with van der Waals surface area (Å²) in [5, 5.41) is 2.59. The minimum absolute atomic E-state index is 0.220. The zero-order valence-electron chi connectivity index (χ0n) is 12.6. The summed E-state index contributed by atoms with van der Waals surface area (Å²) in [5.41, 5.74) is -0.462. The maximum atomic E-state index is 11.3. The highest BCUT2D eigenvalue weighted by atomic mass is 16.6. The maximum absolute atomic E-state index is 11.3. The standard InChI is InChI=1S/C14H25NO5/c1-5-12(16)15-7-9-19-11-10-18-8-6-13(17)20-14(2,3)4/h5H,1,6-11H2,2-4H3,(H,15,16). The molecule has 0 aromatic heterocycles. The third-order valence-corrected chi connectivity index (χ3v) is 1.97. The van der Waals surface area contributed by atoms with Crippen molar-refractivity contribution in [3.63, 3.8) is 0 Å². The molecule has 0 bridgehead atoms. The average Bonchev–Trinajstić information content (AvgIpc) is 2.34. The molecule has 0 aliphatic rings. The molecule has 20 heavy (non-hydrogen) atoms. The Hall–Kier alpha value is -1.40. The molecular formula is C14H25NO5. The van der Waals surface area contributed by atoms with Gasteiger partial charge < -0.3 is 19.5 Å². The Morgan fingerprint density at radius 1 is 1.10 bits per heavy atom. The molecule has 0 saturated carbocycles. The monoisotopic (exact) mass is 287 g/mol. The molecule has 0 saturated heterocycles. The average molecular weight is 287 g/mol. The molecule has 0 fully saturated rings. The number of hydrogen-bond donors (Lipinski definition) is 1. The van der Waals surface area contributed by atoms with E-state index in [1.165, 1.54) is 6.08 Å². The molecule has 6 heteroatoms. The Bertz CT molecular complexity index is 309. The number of carbonyl (C=O) groups is 2. The summed E-state index contributed by atoms with van der Waals surface area (Å²) in [7, 11) is 0. The molecule has 1 amide bonds. The Balaban J connectivity index is 3.31. The SMILES string of the molecule is C=CC(=O)NCCOCCOCCC(=O)OC(C)(C)C. The Morgan fingerprint density at radius 3 is 2.25 bits per heavy atom. The van der Waals surface area contributed by atoms with Crippen molar-refractivity contribution >= 4 is 11.9 Å². The molecule has 6 nitrogen and oxygen atoms in total. The van der Waals surface area contributed by atoms with Crippen molar-refractivity contribution in [2.75, 3.05) is 33.0 Å².